The molecule has 5 aromatic rings. The van der Waals surface area contributed by atoms with E-state index in [9.17, 15) is 9.59 Å². The van der Waals surface area contributed by atoms with Crippen molar-refractivity contribution in [2.45, 2.75) is 0 Å². The Kier molecular flexibility index (Phi) is 5.46. The number of para-hydroxylation sites is 1. The molecule has 0 spiro atoms. The van der Waals surface area contributed by atoms with Gasteiger partial charge in [0, 0.05) is 21.9 Å². The highest BCUT2D eigenvalue weighted by Gasteiger charge is 2.13. The fourth-order valence-electron chi connectivity index (χ4n) is 3.49. The van der Waals surface area contributed by atoms with Crippen LogP contribution in [-0.4, -0.2) is 18.0 Å². The first-order valence-electron chi connectivity index (χ1n) is 10.2. The maximum absolute atomic E-state index is 12.9. The minimum absolute atomic E-state index is 0.308. The number of ether oxygens (including phenoxy) is 1. The van der Waals surface area contributed by atoms with Gasteiger partial charge in [-0.15, -0.1) is 11.3 Å². The zero-order valence-corrected chi connectivity index (χ0v) is 18.4. The number of fused-ring (bicyclic) bond motifs is 1. The van der Waals surface area contributed by atoms with Gasteiger partial charge in [-0.2, -0.15) is 0 Å². The number of rotatable bonds is 5. The summed E-state index contributed by atoms with van der Waals surface area (Å²) in [7, 11) is 1.62. The largest absolute Gasteiger partial charge is 0.497 e. The molecule has 0 aliphatic heterocycles. The number of thiazole rings is 1. The molecule has 3 aromatic carbocycles. The highest BCUT2D eigenvalue weighted by Crippen LogP contribution is 2.27. The summed E-state index contributed by atoms with van der Waals surface area (Å²) in [6.45, 7) is 0. The van der Waals surface area contributed by atoms with Crippen molar-refractivity contribution in [1.82, 2.24) is 4.98 Å². The van der Waals surface area contributed by atoms with E-state index in [-0.39, 0.29) is 5.91 Å². The number of benzene rings is 3. The topological polar surface area (TPSA) is 81.4 Å². The van der Waals surface area contributed by atoms with E-state index in [2.05, 4.69) is 10.3 Å². The van der Waals surface area contributed by atoms with Crippen molar-refractivity contribution in [3.8, 4) is 28.1 Å². The highest BCUT2D eigenvalue weighted by atomic mass is 32.1. The lowest BCUT2D eigenvalue weighted by atomic mass is 10.0. The second-order valence-corrected chi connectivity index (χ2v) is 8.14. The summed E-state index contributed by atoms with van der Waals surface area (Å²) < 4.78 is 10.6. The Bertz CT molecular complexity index is 1520. The van der Waals surface area contributed by atoms with E-state index in [1.165, 1.54) is 11.3 Å². The van der Waals surface area contributed by atoms with E-state index < -0.39 is 5.63 Å². The molecule has 0 bridgehead atoms. The van der Waals surface area contributed by atoms with Gasteiger partial charge in [0.2, 0.25) is 0 Å². The van der Waals surface area contributed by atoms with Crippen LogP contribution in [0.5, 0.6) is 5.75 Å². The second kappa shape index (κ2) is 8.72. The van der Waals surface area contributed by atoms with Crippen LogP contribution in [0.25, 0.3) is 33.4 Å². The van der Waals surface area contributed by atoms with Crippen LogP contribution in [0.4, 0.5) is 5.13 Å². The molecular weight excluding hydrogens is 436 g/mol. The van der Waals surface area contributed by atoms with Gasteiger partial charge in [-0.25, -0.2) is 9.78 Å². The number of aromatic nitrogens is 1. The SMILES string of the molecule is COc1ccc(-c2csc(NC(=O)c3cccc(-c4cc5ccccc5oc4=O)c3)n2)cc1. The Morgan fingerprint density at radius 3 is 2.61 bits per heavy atom. The number of carbonyl (C=O) groups is 1. The zero-order chi connectivity index (χ0) is 22.8. The third kappa shape index (κ3) is 4.26. The molecule has 0 fully saturated rings. The van der Waals surface area contributed by atoms with Crippen molar-refractivity contribution in [3.63, 3.8) is 0 Å². The fourth-order valence-corrected chi connectivity index (χ4v) is 4.20. The van der Waals surface area contributed by atoms with Gasteiger partial charge in [-0.1, -0.05) is 30.3 Å². The molecule has 6 nitrogen and oxygen atoms in total. The average molecular weight is 455 g/mol. The predicted molar refractivity (Wildman–Crippen MR) is 130 cm³/mol. The summed E-state index contributed by atoms with van der Waals surface area (Å²) in [6.07, 6.45) is 0. The molecule has 0 radical (unpaired) electrons. The lowest BCUT2D eigenvalue weighted by Crippen LogP contribution is -2.12. The van der Waals surface area contributed by atoms with Crippen LogP contribution >= 0.6 is 11.3 Å². The van der Waals surface area contributed by atoms with Gasteiger partial charge in [0.05, 0.1) is 18.4 Å². The number of anilines is 1. The first-order valence-corrected chi connectivity index (χ1v) is 11.0. The molecule has 1 N–H and O–H groups in total. The van der Waals surface area contributed by atoms with Crippen LogP contribution in [-0.2, 0) is 0 Å². The van der Waals surface area contributed by atoms with Gasteiger partial charge in [0.15, 0.2) is 5.13 Å². The molecule has 0 aliphatic rings. The second-order valence-electron chi connectivity index (χ2n) is 7.29. The lowest BCUT2D eigenvalue weighted by Gasteiger charge is -2.06. The van der Waals surface area contributed by atoms with Crippen molar-refractivity contribution >= 4 is 33.3 Å². The van der Waals surface area contributed by atoms with Crippen molar-refractivity contribution in [2.75, 3.05) is 12.4 Å². The Hall–Kier alpha value is -4.23. The third-order valence-corrected chi connectivity index (χ3v) is 5.95. The predicted octanol–water partition coefficient (Wildman–Crippen LogP) is 5.84. The van der Waals surface area contributed by atoms with E-state index in [0.29, 0.717) is 27.4 Å². The van der Waals surface area contributed by atoms with E-state index in [4.69, 9.17) is 9.15 Å². The molecule has 2 aromatic heterocycles. The van der Waals surface area contributed by atoms with E-state index >= 15 is 0 Å². The quantitative estimate of drug-likeness (QED) is 0.337. The fraction of sp³-hybridized carbons (Fsp3) is 0.0385. The van der Waals surface area contributed by atoms with Crippen LogP contribution in [0.2, 0.25) is 0 Å². The average Bonchev–Trinajstić information content (AvgIpc) is 3.32. The Morgan fingerprint density at radius 1 is 0.970 bits per heavy atom. The number of carbonyl (C=O) groups excluding carboxylic acids is 1. The van der Waals surface area contributed by atoms with Gasteiger partial charge < -0.3 is 9.15 Å². The molecule has 33 heavy (non-hydrogen) atoms. The monoisotopic (exact) mass is 454 g/mol. The van der Waals surface area contributed by atoms with Crippen molar-refractivity contribution in [1.29, 1.82) is 0 Å². The molecule has 162 valence electrons. The van der Waals surface area contributed by atoms with Gasteiger partial charge in [-0.05, 0) is 54.1 Å². The first-order chi connectivity index (χ1) is 16.1. The number of nitrogens with zero attached hydrogens (tertiary/aromatic N) is 1. The Labute approximate surface area is 193 Å². The summed E-state index contributed by atoms with van der Waals surface area (Å²) in [6, 6.07) is 23.5. The first kappa shape index (κ1) is 20.7. The van der Waals surface area contributed by atoms with E-state index in [1.54, 1.807) is 43.5 Å². The summed E-state index contributed by atoms with van der Waals surface area (Å²) in [5, 5.41) is 6.02. The van der Waals surface area contributed by atoms with Gasteiger partial charge in [0.1, 0.15) is 11.3 Å². The molecule has 0 saturated carbocycles. The van der Waals surface area contributed by atoms with Crippen molar-refractivity contribution < 1.29 is 13.9 Å². The van der Waals surface area contributed by atoms with E-state index in [1.807, 2.05) is 47.8 Å². The number of hydrogen-bond donors (Lipinski definition) is 1. The van der Waals surface area contributed by atoms with Gasteiger partial charge in [0.25, 0.3) is 5.91 Å². The van der Waals surface area contributed by atoms with E-state index in [0.717, 1.165) is 22.4 Å². The number of hydrogen-bond acceptors (Lipinski definition) is 6. The maximum atomic E-state index is 12.9. The molecule has 1 amide bonds. The summed E-state index contributed by atoms with van der Waals surface area (Å²) in [5.41, 5.74) is 3.20. The van der Waals surface area contributed by atoms with Crippen LogP contribution in [0.15, 0.2) is 93.5 Å². The molecule has 0 aliphatic carbocycles. The maximum Gasteiger partial charge on any atom is 0.344 e. The Balaban J connectivity index is 1.38. The van der Waals surface area contributed by atoms with Crippen molar-refractivity contribution in [2.24, 2.45) is 0 Å². The normalized spacial score (nSPS) is 10.8. The zero-order valence-electron chi connectivity index (χ0n) is 17.6. The minimum Gasteiger partial charge on any atom is -0.497 e. The third-order valence-electron chi connectivity index (χ3n) is 5.19. The summed E-state index contributed by atoms with van der Waals surface area (Å²) >= 11 is 1.34. The lowest BCUT2D eigenvalue weighted by molar-refractivity contribution is 0.102. The highest BCUT2D eigenvalue weighted by molar-refractivity contribution is 7.14. The van der Waals surface area contributed by atoms with Crippen LogP contribution < -0.4 is 15.7 Å². The van der Waals surface area contributed by atoms with Crippen molar-refractivity contribution in [3.05, 3.63) is 100 Å². The molecule has 7 heteroatoms. The molecule has 0 saturated heterocycles. The number of methoxy groups -OCH3 is 1. The number of amides is 1. The van der Waals surface area contributed by atoms with Crippen LogP contribution in [0.1, 0.15) is 10.4 Å². The number of nitrogens with one attached hydrogen (secondary N) is 1. The Morgan fingerprint density at radius 2 is 1.79 bits per heavy atom. The smallest absolute Gasteiger partial charge is 0.344 e. The van der Waals surface area contributed by atoms with Crippen LogP contribution in [0, 0.1) is 0 Å². The summed E-state index contributed by atoms with van der Waals surface area (Å²) in [5.74, 6) is 0.459. The molecule has 0 atom stereocenters. The standard InChI is InChI=1S/C26H18N2O4S/c1-31-20-11-9-16(10-12-20)22-15-33-26(27-22)28-24(29)19-7-4-6-17(13-19)21-14-18-5-2-3-8-23(18)32-25(21)30/h2-15H,1H3,(H,27,28,29). The van der Waals surface area contributed by atoms with Crippen LogP contribution in [0.3, 0.4) is 0 Å². The molecular formula is C26H18N2O4S. The van der Waals surface area contributed by atoms with Gasteiger partial charge >= 0.3 is 5.63 Å². The molecule has 5 rings (SSSR count). The minimum atomic E-state index is -0.449. The molecule has 2 heterocycles. The van der Waals surface area contributed by atoms with Gasteiger partial charge in [-0.3, -0.25) is 10.1 Å². The summed E-state index contributed by atoms with van der Waals surface area (Å²) in [4.78, 5) is 29.9. The molecule has 0 unspecified atom stereocenters.